The number of thioether (sulfide) groups is 1. The predicted octanol–water partition coefficient (Wildman–Crippen LogP) is 2.09. The first-order valence-electron chi connectivity index (χ1n) is 7.51. The molecule has 7 heteroatoms. The van der Waals surface area contributed by atoms with Crippen molar-refractivity contribution in [3.8, 4) is 0 Å². The van der Waals surface area contributed by atoms with Gasteiger partial charge in [0, 0.05) is 19.0 Å². The molecule has 0 bridgehead atoms. The van der Waals surface area contributed by atoms with E-state index in [-0.39, 0.29) is 17.4 Å². The summed E-state index contributed by atoms with van der Waals surface area (Å²) < 4.78 is 2.18. The molecule has 1 heterocycles. The molecule has 0 fully saturated rings. The number of para-hydroxylation sites is 2. The van der Waals surface area contributed by atoms with Gasteiger partial charge in [0.15, 0.2) is 0 Å². The lowest BCUT2D eigenvalue weighted by Gasteiger charge is -2.13. The third kappa shape index (κ3) is 4.72. The average molecular weight is 335 g/mol. The van der Waals surface area contributed by atoms with Crippen LogP contribution in [-0.2, 0) is 16.0 Å². The van der Waals surface area contributed by atoms with E-state index in [1.54, 1.807) is 0 Å². The van der Waals surface area contributed by atoms with Gasteiger partial charge in [-0.15, -0.1) is 11.8 Å². The Morgan fingerprint density at radius 1 is 1.30 bits per heavy atom. The molecule has 2 rings (SSSR count). The van der Waals surface area contributed by atoms with Crippen LogP contribution in [0.3, 0.4) is 0 Å². The van der Waals surface area contributed by atoms with Crippen molar-refractivity contribution in [2.24, 2.45) is 0 Å². The van der Waals surface area contributed by atoms with Crippen molar-refractivity contribution in [1.82, 2.24) is 14.9 Å². The minimum absolute atomic E-state index is 0.0590. The molecular weight excluding hydrogens is 314 g/mol. The first-order chi connectivity index (χ1) is 11.0. The zero-order valence-electron chi connectivity index (χ0n) is 13.3. The largest absolute Gasteiger partial charge is 0.481 e. The van der Waals surface area contributed by atoms with Gasteiger partial charge in [-0.05, 0) is 26.0 Å². The molecule has 23 heavy (non-hydrogen) atoms. The fraction of sp³-hybridized carbons (Fsp3) is 0.438. The molecule has 0 atom stereocenters. The van der Waals surface area contributed by atoms with E-state index >= 15 is 0 Å². The highest BCUT2D eigenvalue weighted by molar-refractivity contribution is 8.00. The van der Waals surface area contributed by atoms with Crippen LogP contribution in [0.25, 0.3) is 11.0 Å². The number of hydrogen-bond acceptors (Lipinski definition) is 4. The van der Waals surface area contributed by atoms with Gasteiger partial charge >= 0.3 is 5.97 Å². The zero-order valence-corrected chi connectivity index (χ0v) is 14.1. The van der Waals surface area contributed by atoms with Gasteiger partial charge in [0.2, 0.25) is 5.91 Å². The summed E-state index contributed by atoms with van der Waals surface area (Å²) >= 11 is 1.10. The summed E-state index contributed by atoms with van der Waals surface area (Å²) in [5.74, 6) is -0.0136. The molecule has 124 valence electrons. The fourth-order valence-corrected chi connectivity index (χ4v) is 3.01. The van der Waals surface area contributed by atoms with Gasteiger partial charge in [-0.2, -0.15) is 0 Å². The standard InChI is InChI=1S/C16H21N3O3S/c1-11(2)19-13-6-4-3-5-12(13)18-14(19)7-8-17-15(20)9-23-10-16(21)22/h3-6,11H,7-10H2,1-2H3,(H,17,20)(H,21,22). The topological polar surface area (TPSA) is 84.2 Å². The van der Waals surface area contributed by atoms with Gasteiger partial charge < -0.3 is 15.0 Å². The van der Waals surface area contributed by atoms with Crippen molar-refractivity contribution in [2.45, 2.75) is 26.3 Å². The first kappa shape index (κ1) is 17.3. The number of carboxylic acids is 1. The number of aliphatic carboxylic acids is 1. The second-order valence-electron chi connectivity index (χ2n) is 5.47. The lowest BCUT2D eigenvalue weighted by Crippen LogP contribution is -2.28. The quantitative estimate of drug-likeness (QED) is 0.772. The molecule has 2 N–H and O–H groups in total. The summed E-state index contributed by atoms with van der Waals surface area (Å²) in [6.45, 7) is 4.71. The Morgan fingerprint density at radius 3 is 2.74 bits per heavy atom. The maximum atomic E-state index is 11.7. The van der Waals surface area contributed by atoms with E-state index in [0.717, 1.165) is 28.6 Å². The van der Waals surface area contributed by atoms with E-state index in [9.17, 15) is 9.59 Å². The number of hydrogen-bond donors (Lipinski definition) is 2. The Bertz CT molecular complexity index is 697. The van der Waals surface area contributed by atoms with Crippen LogP contribution >= 0.6 is 11.8 Å². The second kappa shape index (κ2) is 8.01. The number of carbonyl (C=O) groups is 2. The van der Waals surface area contributed by atoms with Gasteiger partial charge in [-0.25, -0.2) is 4.98 Å². The number of carbonyl (C=O) groups excluding carboxylic acids is 1. The molecule has 0 radical (unpaired) electrons. The van der Waals surface area contributed by atoms with E-state index in [4.69, 9.17) is 5.11 Å². The van der Waals surface area contributed by atoms with Crippen molar-refractivity contribution in [3.63, 3.8) is 0 Å². The number of amides is 1. The number of nitrogens with one attached hydrogen (secondary N) is 1. The number of nitrogens with zero attached hydrogens (tertiary/aromatic N) is 2. The fourth-order valence-electron chi connectivity index (χ4n) is 2.44. The van der Waals surface area contributed by atoms with Crippen LogP contribution in [0.2, 0.25) is 0 Å². The molecular formula is C16H21N3O3S. The highest BCUT2D eigenvalue weighted by Crippen LogP contribution is 2.20. The predicted molar refractivity (Wildman–Crippen MR) is 91.8 cm³/mol. The van der Waals surface area contributed by atoms with Crippen LogP contribution in [0.15, 0.2) is 24.3 Å². The zero-order chi connectivity index (χ0) is 16.8. The van der Waals surface area contributed by atoms with Crippen molar-refractivity contribution in [3.05, 3.63) is 30.1 Å². The number of benzene rings is 1. The number of fused-ring (bicyclic) bond motifs is 1. The monoisotopic (exact) mass is 335 g/mol. The van der Waals surface area contributed by atoms with E-state index < -0.39 is 5.97 Å². The molecule has 2 aromatic rings. The summed E-state index contributed by atoms with van der Waals surface area (Å²) in [5.41, 5.74) is 2.06. The van der Waals surface area contributed by atoms with Crippen LogP contribution in [0.1, 0.15) is 25.7 Å². The first-order valence-corrected chi connectivity index (χ1v) is 8.66. The van der Waals surface area contributed by atoms with E-state index in [2.05, 4.69) is 28.7 Å². The summed E-state index contributed by atoms with van der Waals surface area (Å²) in [4.78, 5) is 26.7. The lowest BCUT2D eigenvalue weighted by molar-refractivity contribution is -0.133. The third-order valence-electron chi connectivity index (χ3n) is 3.31. The van der Waals surface area contributed by atoms with Crippen LogP contribution in [0.4, 0.5) is 0 Å². The number of aromatic nitrogens is 2. The normalized spacial score (nSPS) is 11.1. The molecule has 1 aromatic heterocycles. The van der Waals surface area contributed by atoms with E-state index in [1.165, 1.54) is 0 Å². The van der Waals surface area contributed by atoms with Crippen molar-refractivity contribution < 1.29 is 14.7 Å². The van der Waals surface area contributed by atoms with Crippen molar-refractivity contribution in [2.75, 3.05) is 18.1 Å². The Hall–Kier alpha value is -2.02. The number of carboxylic acid groups (broad SMARTS) is 1. The molecule has 1 aromatic carbocycles. The number of rotatable bonds is 8. The molecule has 1 amide bonds. The summed E-state index contributed by atoms with van der Waals surface area (Å²) in [5, 5.41) is 11.3. The number of imidazole rings is 1. The van der Waals surface area contributed by atoms with Gasteiger partial charge in [-0.3, -0.25) is 9.59 Å². The molecule has 0 aliphatic heterocycles. The van der Waals surface area contributed by atoms with Gasteiger partial charge in [0.1, 0.15) is 5.82 Å². The lowest BCUT2D eigenvalue weighted by atomic mass is 10.3. The van der Waals surface area contributed by atoms with Gasteiger partial charge in [0.25, 0.3) is 0 Å². The van der Waals surface area contributed by atoms with E-state index in [0.29, 0.717) is 19.0 Å². The maximum Gasteiger partial charge on any atom is 0.313 e. The Labute approximate surface area is 139 Å². The molecule has 0 unspecified atom stereocenters. The Balaban J connectivity index is 1.93. The smallest absolute Gasteiger partial charge is 0.313 e. The van der Waals surface area contributed by atoms with Crippen LogP contribution in [-0.4, -0.2) is 44.6 Å². The molecule has 0 saturated carbocycles. The summed E-state index contributed by atoms with van der Waals surface area (Å²) in [7, 11) is 0. The summed E-state index contributed by atoms with van der Waals surface area (Å²) in [6.07, 6.45) is 0.641. The highest BCUT2D eigenvalue weighted by atomic mass is 32.2. The SMILES string of the molecule is CC(C)n1c(CCNC(=O)CSCC(=O)O)nc2ccccc21. The van der Waals surface area contributed by atoms with Crippen LogP contribution in [0.5, 0.6) is 0 Å². The van der Waals surface area contributed by atoms with Crippen molar-refractivity contribution >= 4 is 34.7 Å². The molecule has 0 aliphatic carbocycles. The minimum atomic E-state index is -0.909. The average Bonchev–Trinajstić information content (AvgIpc) is 2.85. The van der Waals surface area contributed by atoms with Crippen LogP contribution < -0.4 is 5.32 Å². The third-order valence-corrected chi connectivity index (χ3v) is 4.23. The molecule has 0 saturated heterocycles. The summed E-state index contributed by atoms with van der Waals surface area (Å²) in [6, 6.07) is 8.28. The highest BCUT2D eigenvalue weighted by Gasteiger charge is 2.13. The molecule has 6 nitrogen and oxygen atoms in total. The molecule has 0 spiro atoms. The second-order valence-corrected chi connectivity index (χ2v) is 6.45. The van der Waals surface area contributed by atoms with Gasteiger partial charge in [-0.1, -0.05) is 12.1 Å². The Kier molecular flexibility index (Phi) is 6.04. The maximum absolute atomic E-state index is 11.7. The van der Waals surface area contributed by atoms with Gasteiger partial charge in [0.05, 0.1) is 22.5 Å². The van der Waals surface area contributed by atoms with Crippen molar-refractivity contribution in [1.29, 1.82) is 0 Å². The Morgan fingerprint density at radius 2 is 2.04 bits per heavy atom. The van der Waals surface area contributed by atoms with E-state index in [1.807, 2.05) is 24.3 Å². The molecule has 0 aliphatic rings. The van der Waals surface area contributed by atoms with Crippen LogP contribution in [0, 0.1) is 0 Å². The minimum Gasteiger partial charge on any atom is -0.481 e.